The monoisotopic (exact) mass is 1100 g/mol. The lowest BCUT2D eigenvalue weighted by Crippen LogP contribution is -2.30. The molecule has 0 amide bonds. The lowest BCUT2D eigenvalue weighted by Gasteiger charge is -2.18. The molecule has 0 aromatic carbocycles. The minimum atomic E-state index is -0.782. The summed E-state index contributed by atoms with van der Waals surface area (Å²) in [6, 6.07) is 0. The Bertz CT molecular complexity index is 1450. The number of esters is 3. The van der Waals surface area contributed by atoms with Crippen LogP contribution in [0.1, 0.15) is 355 Å². The summed E-state index contributed by atoms with van der Waals surface area (Å²) < 4.78 is 17.0. The fourth-order valence-corrected chi connectivity index (χ4v) is 10.0. The van der Waals surface area contributed by atoms with Crippen LogP contribution in [0.3, 0.4) is 0 Å². The maximum Gasteiger partial charge on any atom is 0.306 e. The third-order valence-corrected chi connectivity index (χ3v) is 15.2. The van der Waals surface area contributed by atoms with Gasteiger partial charge in [0.1, 0.15) is 13.2 Å². The minimum Gasteiger partial charge on any atom is -0.462 e. The van der Waals surface area contributed by atoms with E-state index in [0.29, 0.717) is 19.3 Å². The van der Waals surface area contributed by atoms with Crippen LogP contribution in [0.5, 0.6) is 0 Å². The molecule has 0 rings (SSSR count). The van der Waals surface area contributed by atoms with E-state index in [1.165, 1.54) is 225 Å². The van der Waals surface area contributed by atoms with E-state index in [-0.39, 0.29) is 31.1 Å². The minimum absolute atomic E-state index is 0.0782. The van der Waals surface area contributed by atoms with Crippen molar-refractivity contribution in [2.45, 2.75) is 361 Å². The highest BCUT2D eigenvalue weighted by Gasteiger charge is 2.19. The Balaban J connectivity index is 4.33. The lowest BCUT2D eigenvalue weighted by molar-refractivity contribution is -0.167. The van der Waals surface area contributed by atoms with Crippen LogP contribution in [0, 0.1) is 0 Å². The second-order valence-electron chi connectivity index (χ2n) is 23.1. The summed E-state index contributed by atoms with van der Waals surface area (Å²) in [6.07, 6.45) is 87.7. The molecule has 458 valence electrons. The number of hydrogen-bond donors (Lipinski definition) is 0. The standard InChI is InChI=1S/C73H130O6/c1-4-7-10-13-16-19-22-25-28-30-32-34-36-38-40-42-45-48-51-54-57-60-63-66-72(75)78-69-70(68-77-71(74)65-62-59-56-53-50-47-44-27-24-21-18-15-12-9-6-3)79-73(76)67-64-61-58-55-52-49-46-43-41-39-37-35-33-31-29-26-23-20-17-14-11-8-5-2/h7,10,16,19,25,27-28,31-34,44,70H,4-6,8-9,11-15,17-18,20-24,26,29-30,35-43,45-69H2,1-3H3/b10-7-,19-16-,28-25-,33-31-,34-32-,44-27-. The van der Waals surface area contributed by atoms with Gasteiger partial charge in [0.2, 0.25) is 0 Å². The molecule has 1 atom stereocenters. The van der Waals surface area contributed by atoms with Crippen molar-refractivity contribution in [2.24, 2.45) is 0 Å². The Labute approximate surface area is 491 Å². The van der Waals surface area contributed by atoms with E-state index >= 15 is 0 Å². The van der Waals surface area contributed by atoms with Crippen molar-refractivity contribution in [3.8, 4) is 0 Å². The van der Waals surface area contributed by atoms with E-state index in [1.54, 1.807) is 0 Å². The molecule has 0 saturated carbocycles. The molecule has 0 fully saturated rings. The van der Waals surface area contributed by atoms with Crippen molar-refractivity contribution in [1.82, 2.24) is 0 Å². The van der Waals surface area contributed by atoms with Crippen LogP contribution in [0.2, 0.25) is 0 Å². The number of carbonyl (C=O) groups excluding carboxylic acids is 3. The first kappa shape index (κ1) is 75.8. The van der Waals surface area contributed by atoms with E-state index in [2.05, 4.69) is 93.7 Å². The van der Waals surface area contributed by atoms with Gasteiger partial charge in [-0.2, -0.15) is 0 Å². The summed E-state index contributed by atoms with van der Waals surface area (Å²) >= 11 is 0. The van der Waals surface area contributed by atoms with Crippen molar-refractivity contribution in [1.29, 1.82) is 0 Å². The Morgan fingerprint density at radius 3 is 0.785 bits per heavy atom. The van der Waals surface area contributed by atoms with Crippen LogP contribution in [0.15, 0.2) is 72.9 Å². The van der Waals surface area contributed by atoms with Crippen LogP contribution in [-0.4, -0.2) is 37.2 Å². The molecule has 0 aliphatic carbocycles. The average molecular weight is 1100 g/mol. The number of ether oxygens (including phenoxy) is 3. The average Bonchev–Trinajstić information content (AvgIpc) is 3.45. The molecule has 0 bridgehead atoms. The molecule has 0 aliphatic rings. The van der Waals surface area contributed by atoms with Gasteiger partial charge in [-0.05, 0) is 109 Å². The number of rotatable bonds is 63. The summed E-state index contributed by atoms with van der Waals surface area (Å²) in [4.78, 5) is 38.4. The quantitative estimate of drug-likeness (QED) is 0.0261. The normalized spacial score (nSPS) is 12.5. The fourth-order valence-electron chi connectivity index (χ4n) is 10.0. The van der Waals surface area contributed by atoms with Crippen LogP contribution in [0.4, 0.5) is 0 Å². The molecule has 0 aromatic rings. The Morgan fingerprint density at radius 2 is 0.494 bits per heavy atom. The third kappa shape index (κ3) is 65.5. The molecular formula is C73H130O6. The molecule has 79 heavy (non-hydrogen) atoms. The zero-order chi connectivity index (χ0) is 57.1. The fraction of sp³-hybridized carbons (Fsp3) is 0.795. The van der Waals surface area contributed by atoms with E-state index in [4.69, 9.17) is 14.2 Å². The molecule has 1 unspecified atom stereocenters. The molecular weight excluding hydrogens is 973 g/mol. The number of hydrogen-bond acceptors (Lipinski definition) is 6. The van der Waals surface area contributed by atoms with Gasteiger partial charge in [-0.3, -0.25) is 14.4 Å². The molecule has 0 spiro atoms. The summed E-state index contributed by atoms with van der Waals surface area (Å²) in [6.45, 7) is 6.56. The molecule has 0 radical (unpaired) electrons. The van der Waals surface area contributed by atoms with Gasteiger partial charge in [0.25, 0.3) is 0 Å². The molecule has 0 aliphatic heterocycles. The van der Waals surface area contributed by atoms with Gasteiger partial charge in [-0.1, -0.05) is 299 Å². The van der Waals surface area contributed by atoms with Gasteiger partial charge in [0.05, 0.1) is 0 Å². The Morgan fingerprint density at radius 1 is 0.266 bits per heavy atom. The van der Waals surface area contributed by atoms with Crippen molar-refractivity contribution in [2.75, 3.05) is 13.2 Å². The Hall–Kier alpha value is -3.15. The first-order chi connectivity index (χ1) is 39.0. The number of unbranched alkanes of at least 4 members (excludes halogenated alkanes) is 40. The third-order valence-electron chi connectivity index (χ3n) is 15.2. The highest BCUT2D eigenvalue weighted by Crippen LogP contribution is 2.17. The van der Waals surface area contributed by atoms with Crippen LogP contribution < -0.4 is 0 Å². The van der Waals surface area contributed by atoms with Gasteiger partial charge in [-0.25, -0.2) is 0 Å². The van der Waals surface area contributed by atoms with E-state index < -0.39 is 6.10 Å². The number of carbonyl (C=O) groups is 3. The van der Waals surface area contributed by atoms with Gasteiger partial charge >= 0.3 is 17.9 Å². The summed E-state index contributed by atoms with van der Waals surface area (Å²) in [5, 5.41) is 0. The largest absolute Gasteiger partial charge is 0.462 e. The lowest BCUT2D eigenvalue weighted by atomic mass is 10.0. The first-order valence-electron chi connectivity index (χ1n) is 34.4. The smallest absolute Gasteiger partial charge is 0.306 e. The summed E-state index contributed by atoms with van der Waals surface area (Å²) in [5.74, 6) is -0.872. The zero-order valence-electron chi connectivity index (χ0n) is 52.6. The van der Waals surface area contributed by atoms with Crippen molar-refractivity contribution in [3.05, 3.63) is 72.9 Å². The van der Waals surface area contributed by atoms with Crippen LogP contribution in [-0.2, 0) is 28.6 Å². The molecule has 0 N–H and O–H groups in total. The van der Waals surface area contributed by atoms with Gasteiger partial charge in [-0.15, -0.1) is 0 Å². The predicted octanol–water partition coefficient (Wildman–Crippen LogP) is 23.7. The van der Waals surface area contributed by atoms with Crippen molar-refractivity contribution < 1.29 is 28.6 Å². The van der Waals surface area contributed by atoms with Crippen molar-refractivity contribution >= 4 is 17.9 Å². The van der Waals surface area contributed by atoms with E-state index in [9.17, 15) is 14.4 Å². The molecule has 0 heterocycles. The second-order valence-corrected chi connectivity index (χ2v) is 23.1. The molecule has 6 heteroatoms. The molecule has 6 nitrogen and oxygen atoms in total. The van der Waals surface area contributed by atoms with Gasteiger partial charge in [0, 0.05) is 19.3 Å². The zero-order valence-corrected chi connectivity index (χ0v) is 52.6. The molecule has 0 aromatic heterocycles. The van der Waals surface area contributed by atoms with E-state index in [1.807, 2.05) is 0 Å². The summed E-state index contributed by atoms with van der Waals surface area (Å²) in [7, 11) is 0. The Kier molecular flexibility index (Phi) is 64.7. The van der Waals surface area contributed by atoms with Crippen LogP contribution >= 0.6 is 0 Å². The van der Waals surface area contributed by atoms with Gasteiger partial charge < -0.3 is 14.2 Å². The summed E-state index contributed by atoms with van der Waals surface area (Å²) in [5.41, 5.74) is 0. The van der Waals surface area contributed by atoms with Crippen molar-refractivity contribution in [3.63, 3.8) is 0 Å². The number of allylic oxidation sites excluding steroid dienone is 12. The first-order valence-corrected chi connectivity index (χ1v) is 34.4. The highest BCUT2D eigenvalue weighted by molar-refractivity contribution is 5.71. The SMILES string of the molecule is CC/C=C\C/C=C\C/C=C\C/C=C\CCCCCCCCCCCCC(=O)OCC(COC(=O)CCCCCCC/C=C\CCCCCCCC)OC(=O)CCCCCCCCCCCCC/C=C\CCCCCCCCCC. The maximum absolute atomic E-state index is 13.0. The van der Waals surface area contributed by atoms with Crippen LogP contribution in [0.25, 0.3) is 0 Å². The maximum atomic E-state index is 13.0. The molecule has 0 saturated heterocycles. The second kappa shape index (κ2) is 67.4. The van der Waals surface area contributed by atoms with E-state index in [0.717, 1.165) is 89.9 Å². The highest BCUT2D eigenvalue weighted by atomic mass is 16.6. The predicted molar refractivity (Wildman–Crippen MR) is 344 cm³/mol. The topological polar surface area (TPSA) is 78.9 Å². The van der Waals surface area contributed by atoms with Gasteiger partial charge in [0.15, 0.2) is 6.10 Å².